The van der Waals surface area contributed by atoms with E-state index in [9.17, 15) is 0 Å². The fourth-order valence-corrected chi connectivity index (χ4v) is 1.56. The summed E-state index contributed by atoms with van der Waals surface area (Å²) in [5.74, 6) is 0. The van der Waals surface area contributed by atoms with Gasteiger partial charge in [-0.15, -0.1) is 5.10 Å². The average molecular weight is 269 g/mol. The number of aromatic nitrogens is 4. The van der Waals surface area contributed by atoms with Crippen molar-refractivity contribution in [1.82, 2.24) is 20.0 Å². The summed E-state index contributed by atoms with van der Waals surface area (Å²) in [4.78, 5) is 4.04. The molecule has 0 saturated heterocycles. The summed E-state index contributed by atoms with van der Waals surface area (Å²) in [6.07, 6.45) is 5.21. The highest BCUT2D eigenvalue weighted by Crippen LogP contribution is 2.18. The van der Waals surface area contributed by atoms with E-state index >= 15 is 0 Å². The van der Waals surface area contributed by atoms with E-state index in [1.807, 2.05) is 6.07 Å². The third-order valence-electron chi connectivity index (χ3n) is 1.87. The summed E-state index contributed by atoms with van der Waals surface area (Å²) in [5, 5.41) is 16.6. The van der Waals surface area contributed by atoms with E-state index in [4.69, 9.17) is 5.11 Å². The first-order valence-electron chi connectivity index (χ1n) is 4.41. The van der Waals surface area contributed by atoms with E-state index in [1.165, 1.54) is 0 Å². The molecular formula is C9H9BrN4O. The standard InChI is InChI=1S/C9H9BrN4O/c10-8-3-7(4-11-5-8)9-6-14(1-2-15)13-12-9/h3-6,15H,1-2H2. The highest BCUT2D eigenvalue weighted by molar-refractivity contribution is 9.10. The summed E-state index contributed by atoms with van der Waals surface area (Å²) in [6.45, 7) is 0.508. The second-order valence-corrected chi connectivity index (χ2v) is 3.90. The molecule has 2 heterocycles. The number of halogens is 1. The maximum Gasteiger partial charge on any atom is 0.114 e. The van der Waals surface area contributed by atoms with Crippen molar-refractivity contribution < 1.29 is 5.11 Å². The SMILES string of the molecule is OCCn1cc(-c2cncc(Br)c2)nn1. The molecule has 1 N–H and O–H groups in total. The van der Waals surface area contributed by atoms with Crippen LogP contribution in [0, 0.1) is 0 Å². The van der Waals surface area contributed by atoms with Crippen molar-refractivity contribution in [2.45, 2.75) is 6.54 Å². The van der Waals surface area contributed by atoms with Crippen molar-refractivity contribution in [2.24, 2.45) is 0 Å². The van der Waals surface area contributed by atoms with Gasteiger partial charge in [0.2, 0.25) is 0 Å². The number of rotatable bonds is 3. The van der Waals surface area contributed by atoms with E-state index in [-0.39, 0.29) is 6.61 Å². The number of hydrogen-bond donors (Lipinski definition) is 1. The highest BCUT2D eigenvalue weighted by atomic mass is 79.9. The fraction of sp³-hybridized carbons (Fsp3) is 0.222. The van der Waals surface area contributed by atoms with Gasteiger partial charge in [0.05, 0.1) is 19.3 Å². The van der Waals surface area contributed by atoms with Crippen molar-refractivity contribution in [2.75, 3.05) is 6.61 Å². The van der Waals surface area contributed by atoms with Gasteiger partial charge in [-0.25, -0.2) is 4.68 Å². The Kier molecular flexibility index (Phi) is 3.08. The van der Waals surface area contributed by atoms with Crippen molar-refractivity contribution in [3.8, 4) is 11.3 Å². The van der Waals surface area contributed by atoms with Crippen LogP contribution in [0.5, 0.6) is 0 Å². The molecular weight excluding hydrogens is 260 g/mol. The number of aliphatic hydroxyl groups excluding tert-OH is 1. The van der Waals surface area contributed by atoms with Gasteiger partial charge in [0.15, 0.2) is 0 Å². The van der Waals surface area contributed by atoms with Crippen molar-refractivity contribution in [3.05, 3.63) is 29.1 Å². The monoisotopic (exact) mass is 268 g/mol. The Bertz CT molecular complexity index is 457. The molecule has 0 spiro atoms. The van der Waals surface area contributed by atoms with E-state index < -0.39 is 0 Å². The van der Waals surface area contributed by atoms with E-state index in [2.05, 4.69) is 31.2 Å². The zero-order chi connectivity index (χ0) is 10.7. The maximum absolute atomic E-state index is 8.74. The Balaban J connectivity index is 2.29. The third-order valence-corrected chi connectivity index (χ3v) is 2.30. The van der Waals surface area contributed by atoms with Crippen LogP contribution in [0.1, 0.15) is 0 Å². The van der Waals surface area contributed by atoms with E-state index in [1.54, 1.807) is 23.3 Å². The Morgan fingerprint density at radius 2 is 2.27 bits per heavy atom. The molecule has 0 bridgehead atoms. The van der Waals surface area contributed by atoms with Crippen LogP contribution in [0.25, 0.3) is 11.3 Å². The zero-order valence-corrected chi connectivity index (χ0v) is 9.42. The van der Waals surface area contributed by atoms with Crippen LogP contribution in [0.2, 0.25) is 0 Å². The second kappa shape index (κ2) is 4.50. The molecule has 2 aromatic rings. The molecule has 0 unspecified atom stereocenters. The molecule has 78 valence electrons. The molecule has 0 radical (unpaired) electrons. The maximum atomic E-state index is 8.74. The van der Waals surface area contributed by atoms with Crippen LogP contribution in [-0.2, 0) is 6.54 Å². The topological polar surface area (TPSA) is 63.8 Å². The summed E-state index contributed by atoms with van der Waals surface area (Å²) < 4.78 is 2.49. The van der Waals surface area contributed by atoms with E-state index in [0.29, 0.717) is 6.54 Å². The molecule has 6 heteroatoms. The van der Waals surface area contributed by atoms with Gasteiger partial charge in [0.25, 0.3) is 0 Å². The smallest absolute Gasteiger partial charge is 0.114 e. The number of aliphatic hydroxyl groups is 1. The quantitative estimate of drug-likeness (QED) is 0.906. The second-order valence-electron chi connectivity index (χ2n) is 2.98. The average Bonchev–Trinajstić information content (AvgIpc) is 2.67. The Morgan fingerprint density at radius 1 is 1.40 bits per heavy atom. The lowest BCUT2D eigenvalue weighted by Gasteiger charge is -1.95. The van der Waals surface area contributed by atoms with Gasteiger partial charge in [-0.1, -0.05) is 5.21 Å². The van der Waals surface area contributed by atoms with Gasteiger partial charge >= 0.3 is 0 Å². The molecule has 0 fully saturated rings. The number of nitrogens with zero attached hydrogens (tertiary/aromatic N) is 4. The molecule has 0 aromatic carbocycles. The first-order chi connectivity index (χ1) is 7.29. The summed E-state index contributed by atoms with van der Waals surface area (Å²) >= 11 is 3.34. The fourth-order valence-electron chi connectivity index (χ4n) is 1.19. The Hall–Kier alpha value is -1.27. The van der Waals surface area contributed by atoms with Gasteiger partial charge in [0, 0.05) is 22.4 Å². The van der Waals surface area contributed by atoms with Crippen molar-refractivity contribution in [3.63, 3.8) is 0 Å². The van der Waals surface area contributed by atoms with Crippen LogP contribution in [0.3, 0.4) is 0 Å². The molecule has 2 aromatic heterocycles. The van der Waals surface area contributed by atoms with Crippen LogP contribution in [-0.4, -0.2) is 31.7 Å². The minimum atomic E-state index is 0.0551. The molecule has 0 atom stereocenters. The lowest BCUT2D eigenvalue weighted by molar-refractivity contribution is 0.268. The van der Waals surface area contributed by atoms with E-state index in [0.717, 1.165) is 15.7 Å². The molecule has 0 aliphatic heterocycles. The minimum Gasteiger partial charge on any atom is -0.394 e. The van der Waals surface area contributed by atoms with Gasteiger partial charge in [-0.2, -0.15) is 0 Å². The van der Waals surface area contributed by atoms with Gasteiger partial charge in [-0.05, 0) is 22.0 Å². The summed E-state index contributed by atoms with van der Waals surface area (Å²) in [6, 6.07) is 1.92. The molecule has 15 heavy (non-hydrogen) atoms. The molecule has 0 aliphatic carbocycles. The van der Waals surface area contributed by atoms with Crippen molar-refractivity contribution in [1.29, 1.82) is 0 Å². The lowest BCUT2D eigenvalue weighted by atomic mass is 10.2. The van der Waals surface area contributed by atoms with Gasteiger partial charge in [0.1, 0.15) is 5.69 Å². The Morgan fingerprint density at radius 3 is 3.00 bits per heavy atom. The molecule has 0 aliphatic rings. The third kappa shape index (κ3) is 2.40. The van der Waals surface area contributed by atoms with Crippen LogP contribution >= 0.6 is 15.9 Å². The van der Waals surface area contributed by atoms with Gasteiger partial charge < -0.3 is 5.11 Å². The Labute approximate surface area is 94.9 Å². The van der Waals surface area contributed by atoms with Crippen LogP contribution < -0.4 is 0 Å². The molecule has 2 rings (SSSR count). The summed E-state index contributed by atoms with van der Waals surface area (Å²) in [5.41, 5.74) is 1.64. The van der Waals surface area contributed by atoms with Crippen molar-refractivity contribution >= 4 is 15.9 Å². The molecule has 5 nitrogen and oxygen atoms in total. The van der Waals surface area contributed by atoms with Gasteiger partial charge in [-0.3, -0.25) is 4.98 Å². The molecule has 0 saturated carbocycles. The predicted octanol–water partition coefficient (Wildman–Crippen LogP) is 1.09. The largest absolute Gasteiger partial charge is 0.394 e. The number of hydrogen-bond acceptors (Lipinski definition) is 4. The predicted molar refractivity (Wildman–Crippen MR) is 58.0 cm³/mol. The summed E-state index contributed by atoms with van der Waals surface area (Å²) in [7, 11) is 0. The minimum absolute atomic E-state index is 0.0551. The normalized spacial score (nSPS) is 10.5. The highest BCUT2D eigenvalue weighted by Gasteiger charge is 2.04. The number of pyridine rings is 1. The first kappa shape index (κ1) is 10.3. The zero-order valence-electron chi connectivity index (χ0n) is 7.84. The van der Waals surface area contributed by atoms with Crippen LogP contribution in [0.4, 0.5) is 0 Å². The molecule has 0 amide bonds. The van der Waals surface area contributed by atoms with Crippen LogP contribution in [0.15, 0.2) is 29.1 Å². The first-order valence-corrected chi connectivity index (χ1v) is 5.21. The lowest BCUT2D eigenvalue weighted by Crippen LogP contribution is -2.01.